The Labute approximate surface area is 229 Å². The Balaban J connectivity index is 2.06. The van der Waals surface area contributed by atoms with E-state index in [1.165, 1.54) is 0 Å². The average Bonchev–Trinajstić information content (AvgIpc) is 3.52. The summed E-state index contributed by atoms with van der Waals surface area (Å²) in [5, 5.41) is 9.25. The molecule has 0 aromatic heterocycles. The van der Waals surface area contributed by atoms with Crippen molar-refractivity contribution in [2.75, 3.05) is 39.3 Å². The molecule has 3 aliphatic heterocycles. The normalized spacial score (nSPS) is 29.4. The SMILES string of the molecule is C=CCN(CCCC)C(=O)C1N(CCCCCO)C(=O)[C@@H]2[C@@H](C(=O)N(CC=C)CCC)[C@@]3(CC)CCC12O3. The van der Waals surface area contributed by atoms with Crippen LogP contribution in [0.4, 0.5) is 0 Å². The smallest absolute Gasteiger partial charge is 0.248 e. The fraction of sp³-hybridized carbons (Fsp3) is 0.767. The van der Waals surface area contributed by atoms with Crippen LogP contribution in [0.3, 0.4) is 0 Å². The summed E-state index contributed by atoms with van der Waals surface area (Å²) in [7, 11) is 0. The predicted octanol–water partition coefficient (Wildman–Crippen LogP) is 3.54. The van der Waals surface area contributed by atoms with Crippen molar-refractivity contribution >= 4 is 17.7 Å². The molecule has 3 amide bonds. The van der Waals surface area contributed by atoms with Gasteiger partial charge in [-0.15, -0.1) is 13.2 Å². The van der Waals surface area contributed by atoms with E-state index in [-0.39, 0.29) is 24.3 Å². The van der Waals surface area contributed by atoms with Gasteiger partial charge in [0.05, 0.1) is 17.4 Å². The maximum absolute atomic E-state index is 14.3. The van der Waals surface area contributed by atoms with Crippen molar-refractivity contribution in [3.8, 4) is 0 Å². The van der Waals surface area contributed by atoms with E-state index in [1.54, 1.807) is 26.9 Å². The maximum atomic E-state index is 14.3. The van der Waals surface area contributed by atoms with Crippen LogP contribution in [0.15, 0.2) is 25.3 Å². The number of carbonyl (C=O) groups is 3. The lowest BCUT2D eigenvalue weighted by molar-refractivity contribution is -0.155. The molecule has 5 atom stereocenters. The molecule has 3 aliphatic rings. The number of ether oxygens (including phenoxy) is 1. The number of likely N-dealkylation sites (tertiary alicyclic amines) is 1. The molecule has 38 heavy (non-hydrogen) atoms. The van der Waals surface area contributed by atoms with Gasteiger partial charge in [-0.3, -0.25) is 14.4 Å². The monoisotopic (exact) mass is 531 g/mol. The molecule has 0 aromatic rings. The van der Waals surface area contributed by atoms with E-state index in [9.17, 15) is 19.5 Å². The lowest BCUT2D eigenvalue weighted by Crippen LogP contribution is -2.56. The third-order valence-corrected chi connectivity index (χ3v) is 8.84. The van der Waals surface area contributed by atoms with Gasteiger partial charge >= 0.3 is 0 Å². The summed E-state index contributed by atoms with van der Waals surface area (Å²) in [5.74, 6) is -1.58. The number of fused-ring (bicyclic) bond motifs is 1. The Morgan fingerprint density at radius 1 is 1.00 bits per heavy atom. The topological polar surface area (TPSA) is 90.4 Å². The highest BCUT2D eigenvalue weighted by Gasteiger charge is 2.78. The van der Waals surface area contributed by atoms with E-state index < -0.39 is 29.1 Å². The number of hydrogen-bond acceptors (Lipinski definition) is 5. The van der Waals surface area contributed by atoms with Gasteiger partial charge in [0.25, 0.3) is 0 Å². The summed E-state index contributed by atoms with van der Waals surface area (Å²) in [6, 6.07) is -0.754. The summed E-state index contributed by atoms with van der Waals surface area (Å²) in [6.07, 6.45) is 10.1. The molecule has 0 aromatic carbocycles. The number of hydrogen-bond donors (Lipinski definition) is 1. The van der Waals surface area contributed by atoms with Crippen molar-refractivity contribution in [3.05, 3.63) is 25.3 Å². The van der Waals surface area contributed by atoms with E-state index >= 15 is 0 Å². The van der Waals surface area contributed by atoms with E-state index in [2.05, 4.69) is 20.1 Å². The van der Waals surface area contributed by atoms with Crippen molar-refractivity contribution in [2.24, 2.45) is 11.8 Å². The minimum Gasteiger partial charge on any atom is -0.396 e. The second-order valence-electron chi connectivity index (χ2n) is 11.1. The summed E-state index contributed by atoms with van der Waals surface area (Å²) in [4.78, 5) is 48.0. The van der Waals surface area contributed by atoms with Gasteiger partial charge in [-0.2, -0.15) is 0 Å². The van der Waals surface area contributed by atoms with Gasteiger partial charge in [0.2, 0.25) is 17.7 Å². The first kappa shape index (κ1) is 30.4. The molecular weight excluding hydrogens is 482 g/mol. The molecule has 2 bridgehead atoms. The number of rotatable bonds is 17. The van der Waals surface area contributed by atoms with Crippen molar-refractivity contribution < 1.29 is 24.2 Å². The first-order chi connectivity index (χ1) is 18.3. The van der Waals surface area contributed by atoms with Crippen LogP contribution in [-0.4, -0.2) is 94.1 Å². The van der Waals surface area contributed by atoms with Gasteiger partial charge in [0.15, 0.2) is 0 Å². The van der Waals surface area contributed by atoms with Crippen LogP contribution in [0.25, 0.3) is 0 Å². The first-order valence-electron chi connectivity index (χ1n) is 14.7. The van der Waals surface area contributed by atoms with Crippen molar-refractivity contribution in [3.63, 3.8) is 0 Å². The van der Waals surface area contributed by atoms with Crippen LogP contribution < -0.4 is 0 Å². The van der Waals surface area contributed by atoms with Crippen LogP contribution in [0.5, 0.6) is 0 Å². The van der Waals surface area contributed by atoms with E-state index in [1.807, 2.05) is 13.8 Å². The zero-order valence-corrected chi connectivity index (χ0v) is 23.8. The first-order valence-corrected chi connectivity index (χ1v) is 14.7. The van der Waals surface area contributed by atoms with Gasteiger partial charge in [-0.25, -0.2) is 0 Å². The quantitative estimate of drug-likeness (QED) is 0.229. The highest BCUT2D eigenvalue weighted by atomic mass is 16.5. The zero-order chi connectivity index (χ0) is 27.9. The van der Waals surface area contributed by atoms with Gasteiger partial charge in [0.1, 0.15) is 11.6 Å². The number of aliphatic hydroxyl groups excluding tert-OH is 1. The molecule has 0 saturated carbocycles. The minimum absolute atomic E-state index is 0.0595. The molecule has 3 rings (SSSR count). The van der Waals surface area contributed by atoms with Crippen LogP contribution in [0, 0.1) is 11.8 Å². The lowest BCUT2D eigenvalue weighted by atomic mass is 9.64. The average molecular weight is 532 g/mol. The van der Waals surface area contributed by atoms with Crippen LogP contribution in [0.2, 0.25) is 0 Å². The standard InChI is InChI=1S/C30H49N3O5/c1-6-11-20-32(19-9-4)28(37)25-30-16-15-29(10-5,38-30)23(26(35)31(17-7-2)18-8-3)24(30)27(36)33(25)21-13-12-14-22-34/h7,9,23-25,34H,2,4,6,8,10-22H2,1,3,5H3/t23-,24-,25?,29+,30?/m0/s1. The minimum atomic E-state index is -1.00. The summed E-state index contributed by atoms with van der Waals surface area (Å²) >= 11 is 0. The summed E-state index contributed by atoms with van der Waals surface area (Å²) in [5.41, 5.74) is -1.74. The van der Waals surface area contributed by atoms with Gasteiger partial charge in [-0.1, -0.05) is 39.3 Å². The highest BCUT2D eigenvalue weighted by Crippen LogP contribution is 2.64. The Bertz CT molecular complexity index is 878. The number of carbonyl (C=O) groups excluding carboxylic acids is 3. The molecule has 2 unspecified atom stereocenters. The Morgan fingerprint density at radius 3 is 2.26 bits per heavy atom. The number of unbranched alkanes of at least 4 members (excludes halogenated alkanes) is 3. The van der Waals surface area contributed by atoms with E-state index in [0.29, 0.717) is 64.8 Å². The molecule has 3 saturated heterocycles. The van der Waals surface area contributed by atoms with E-state index in [0.717, 1.165) is 25.7 Å². The van der Waals surface area contributed by atoms with Gasteiger partial charge in [0, 0.05) is 39.3 Å². The van der Waals surface area contributed by atoms with Crippen LogP contribution in [0.1, 0.15) is 78.6 Å². The van der Waals surface area contributed by atoms with Crippen molar-refractivity contribution in [1.29, 1.82) is 0 Å². The Morgan fingerprint density at radius 2 is 1.68 bits per heavy atom. The molecular formula is C30H49N3O5. The van der Waals surface area contributed by atoms with E-state index in [4.69, 9.17) is 4.74 Å². The molecule has 8 heteroatoms. The highest BCUT2D eigenvalue weighted by molar-refractivity contribution is 5.99. The Hall–Kier alpha value is -2.19. The summed E-state index contributed by atoms with van der Waals surface area (Å²) < 4.78 is 6.91. The number of amides is 3. The second kappa shape index (κ2) is 13.2. The fourth-order valence-corrected chi connectivity index (χ4v) is 7.07. The molecule has 1 spiro atoms. The Kier molecular flexibility index (Phi) is 10.6. The van der Waals surface area contributed by atoms with Crippen LogP contribution >= 0.6 is 0 Å². The molecule has 214 valence electrons. The molecule has 0 aliphatic carbocycles. The third kappa shape index (κ3) is 5.31. The molecule has 8 nitrogen and oxygen atoms in total. The van der Waals surface area contributed by atoms with Gasteiger partial charge < -0.3 is 24.5 Å². The maximum Gasteiger partial charge on any atom is 0.248 e. The zero-order valence-electron chi connectivity index (χ0n) is 23.8. The predicted molar refractivity (Wildman–Crippen MR) is 148 cm³/mol. The van der Waals surface area contributed by atoms with Crippen LogP contribution in [-0.2, 0) is 19.1 Å². The largest absolute Gasteiger partial charge is 0.396 e. The van der Waals surface area contributed by atoms with Crippen molar-refractivity contribution in [1.82, 2.24) is 14.7 Å². The molecule has 3 fully saturated rings. The molecule has 0 radical (unpaired) electrons. The third-order valence-electron chi connectivity index (χ3n) is 8.84. The second-order valence-corrected chi connectivity index (χ2v) is 11.1. The number of aliphatic hydroxyl groups is 1. The van der Waals surface area contributed by atoms with Crippen molar-refractivity contribution in [2.45, 2.75) is 95.8 Å². The fourth-order valence-electron chi connectivity index (χ4n) is 7.07. The number of nitrogens with zero attached hydrogens (tertiary/aromatic N) is 3. The van der Waals surface area contributed by atoms with Gasteiger partial charge in [-0.05, 0) is 51.4 Å². The lowest BCUT2D eigenvalue weighted by Gasteiger charge is -2.37. The molecule has 3 heterocycles. The summed E-state index contributed by atoms with van der Waals surface area (Å²) in [6.45, 7) is 16.4. The molecule has 1 N–H and O–H groups in total.